The summed E-state index contributed by atoms with van der Waals surface area (Å²) in [6.45, 7) is 1.79. The first-order valence-electron chi connectivity index (χ1n) is 4.44. The topological polar surface area (TPSA) is 57.5 Å². The van der Waals surface area contributed by atoms with Gasteiger partial charge in [0.25, 0.3) is 0 Å². The van der Waals surface area contributed by atoms with Gasteiger partial charge in [-0.25, -0.2) is 0 Å². The van der Waals surface area contributed by atoms with E-state index in [1.54, 1.807) is 6.92 Å². The van der Waals surface area contributed by atoms with E-state index in [1.165, 1.54) is 0 Å². The highest BCUT2D eigenvalue weighted by molar-refractivity contribution is 5.67. The van der Waals surface area contributed by atoms with Crippen LogP contribution in [0.15, 0.2) is 0 Å². The predicted octanol–water partition coefficient (Wildman–Crippen LogP) is 1.40. The third-order valence-electron chi connectivity index (χ3n) is 2.52. The van der Waals surface area contributed by atoms with Crippen molar-refractivity contribution in [2.75, 3.05) is 0 Å². The van der Waals surface area contributed by atoms with E-state index in [0.29, 0.717) is 6.42 Å². The van der Waals surface area contributed by atoms with Gasteiger partial charge in [-0.1, -0.05) is 6.42 Å². The van der Waals surface area contributed by atoms with Crippen LogP contribution in [0.3, 0.4) is 0 Å². The molecule has 0 aromatic carbocycles. The lowest BCUT2D eigenvalue weighted by atomic mass is 9.78. The standard InChI is InChI=1S/C9H16O3/c1-9(12)4-2-3-7(6-9)5-8(10)11/h7,12H,2-6H2,1H3,(H,10,11). The second-order valence-electron chi connectivity index (χ2n) is 4.06. The lowest BCUT2D eigenvalue weighted by molar-refractivity contribution is -0.139. The second-order valence-corrected chi connectivity index (χ2v) is 4.06. The maximum absolute atomic E-state index is 10.4. The third-order valence-corrected chi connectivity index (χ3v) is 2.52. The fourth-order valence-electron chi connectivity index (χ4n) is 2.02. The SMILES string of the molecule is CC1(O)CCCC(CC(=O)O)C1. The Bertz CT molecular complexity index is 175. The highest BCUT2D eigenvalue weighted by atomic mass is 16.4. The molecule has 1 fully saturated rings. The number of hydrogen-bond acceptors (Lipinski definition) is 2. The lowest BCUT2D eigenvalue weighted by Gasteiger charge is -2.33. The molecule has 3 heteroatoms. The van der Waals surface area contributed by atoms with E-state index in [0.717, 1.165) is 19.3 Å². The minimum atomic E-state index is -0.752. The molecule has 1 rings (SSSR count). The number of carbonyl (C=O) groups is 1. The fraction of sp³-hybridized carbons (Fsp3) is 0.889. The second kappa shape index (κ2) is 3.44. The van der Waals surface area contributed by atoms with E-state index < -0.39 is 11.6 Å². The Morgan fingerprint density at radius 1 is 1.67 bits per heavy atom. The predicted molar refractivity (Wildman–Crippen MR) is 44.8 cm³/mol. The molecule has 0 bridgehead atoms. The van der Waals surface area contributed by atoms with Crippen molar-refractivity contribution >= 4 is 5.97 Å². The van der Waals surface area contributed by atoms with Gasteiger partial charge >= 0.3 is 5.97 Å². The molecular formula is C9H16O3. The zero-order valence-corrected chi connectivity index (χ0v) is 7.42. The van der Waals surface area contributed by atoms with Crippen LogP contribution in [0.2, 0.25) is 0 Å². The number of hydrogen-bond donors (Lipinski definition) is 2. The van der Waals surface area contributed by atoms with Crippen LogP contribution < -0.4 is 0 Å². The third kappa shape index (κ3) is 2.81. The van der Waals surface area contributed by atoms with E-state index in [9.17, 15) is 9.90 Å². The molecule has 0 aromatic heterocycles. The minimum absolute atomic E-state index is 0.172. The van der Waals surface area contributed by atoms with E-state index in [-0.39, 0.29) is 12.3 Å². The number of rotatable bonds is 2. The summed E-state index contributed by atoms with van der Waals surface area (Å²) in [4.78, 5) is 10.4. The van der Waals surface area contributed by atoms with Gasteiger partial charge < -0.3 is 10.2 Å². The van der Waals surface area contributed by atoms with Crippen LogP contribution >= 0.6 is 0 Å². The van der Waals surface area contributed by atoms with Crippen molar-refractivity contribution in [3.63, 3.8) is 0 Å². The summed E-state index contributed by atoms with van der Waals surface area (Å²) < 4.78 is 0. The van der Waals surface area contributed by atoms with Crippen LogP contribution in [0.1, 0.15) is 39.0 Å². The van der Waals surface area contributed by atoms with Gasteiger partial charge in [-0.15, -0.1) is 0 Å². The van der Waals surface area contributed by atoms with Crippen LogP contribution in [0.25, 0.3) is 0 Å². The largest absolute Gasteiger partial charge is 0.481 e. The number of aliphatic carboxylic acids is 1. The molecule has 0 heterocycles. The van der Waals surface area contributed by atoms with Gasteiger partial charge in [-0.05, 0) is 32.1 Å². The molecule has 0 aromatic rings. The number of aliphatic hydroxyl groups is 1. The van der Waals surface area contributed by atoms with Gasteiger partial charge in [-0.3, -0.25) is 4.79 Å². The molecule has 1 saturated carbocycles. The number of carboxylic acid groups (broad SMARTS) is 1. The van der Waals surface area contributed by atoms with Crippen molar-refractivity contribution in [3.8, 4) is 0 Å². The van der Waals surface area contributed by atoms with Crippen LogP contribution in [-0.2, 0) is 4.79 Å². The lowest BCUT2D eigenvalue weighted by Crippen LogP contribution is -2.32. The van der Waals surface area contributed by atoms with Gasteiger partial charge in [-0.2, -0.15) is 0 Å². The summed E-state index contributed by atoms with van der Waals surface area (Å²) in [6, 6.07) is 0. The van der Waals surface area contributed by atoms with E-state index >= 15 is 0 Å². The average molecular weight is 172 g/mol. The molecule has 1 aliphatic carbocycles. The monoisotopic (exact) mass is 172 g/mol. The first-order valence-corrected chi connectivity index (χ1v) is 4.44. The van der Waals surface area contributed by atoms with E-state index in [4.69, 9.17) is 5.11 Å². The Labute approximate surface area is 72.4 Å². The smallest absolute Gasteiger partial charge is 0.303 e. The van der Waals surface area contributed by atoms with Crippen molar-refractivity contribution in [2.24, 2.45) is 5.92 Å². The maximum Gasteiger partial charge on any atom is 0.303 e. The quantitative estimate of drug-likeness (QED) is 0.662. The molecule has 1 aliphatic rings. The maximum atomic E-state index is 10.4. The van der Waals surface area contributed by atoms with Gasteiger partial charge in [0.2, 0.25) is 0 Å². The van der Waals surface area contributed by atoms with Crippen molar-refractivity contribution < 1.29 is 15.0 Å². The van der Waals surface area contributed by atoms with Crippen LogP contribution in [0, 0.1) is 5.92 Å². The van der Waals surface area contributed by atoms with Crippen LogP contribution in [0.5, 0.6) is 0 Å². The zero-order valence-electron chi connectivity index (χ0n) is 7.42. The van der Waals surface area contributed by atoms with E-state index in [1.807, 2.05) is 0 Å². The Kier molecular flexibility index (Phi) is 2.73. The molecular weight excluding hydrogens is 156 g/mol. The summed E-state index contributed by atoms with van der Waals surface area (Å²) in [6.07, 6.45) is 3.55. The van der Waals surface area contributed by atoms with Crippen molar-refractivity contribution in [1.82, 2.24) is 0 Å². The van der Waals surface area contributed by atoms with Crippen molar-refractivity contribution in [1.29, 1.82) is 0 Å². The molecule has 0 amide bonds. The minimum Gasteiger partial charge on any atom is -0.481 e. The summed E-state index contributed by atoms with van der Waals surface area (Å²) in [5.41, 5.74) is -0.627. The number of carboxylic acids is 1. The highest BCUT2D eigenvalue weighted by Gasteiger charge is 2.30. The summed E-state index contributed by atoms with van der Waals surface area (Å²) in [7, 11) is 0. The van der Waals surface area contributed by atoms with Crippen LogP contribution in [-0.4, -0.2) is 21.8 Å². The summed E-state index contributed by atoms with van der Waals surface area (Å²) in [5.74, 6) is -0.580. The van der Waals surface area contributed by atoms with Gasteiger partial charge in [0.1, 0.15) is 0 Å². The molecule has 12 heavy (non-hydrogen) atoms. The average Bonchev–Trinajstić information content (AvgIpc) is 1.82. The summed E-state index contributed by atoms with van der Waals surface area (Å²) >= 11 is 0. The van der Waals surface area contributed by atoms with Crippen molar-refractivity contribution in [2.45, 2.75) is 44.6 Å². The molecule has 70 valence electrons. The first kappa shape index (κ1) is 9.52. The van der Waals surface area contributed by atoms with Crippen LogP contribution in [0.4, 0.5) is 0 Å². The molecule has 2 N–H and O–H groups in total. The van der Waals surface area contributed by atoms with Gasteiger partial charge in [0, 0.05) is 6.42 Å². The first-order chi connectivity index (χ1) is 5.49. The molecule has 2 unspecified atom stereocenters. The molecule has 0 saturated heterocycles. The normalized spacial score (nSPS) is 36.3. The zero-order chi connectivity index (χ0) is 9.19. The Morgan fingerprint density at radius 3 is 2.83 bits per heavy atom. The van der Waals surface area contributed by atoms with E-state index in [2.05, 4.69) is 0 Å². The van der Waals surface area contributed by atoms with Gasteiger partial charge in [0.05, 0.1) is 5.60 Å². The molecule has 0 spiro atoms. The Morgan fingerprint density at radius 2 is 2.33 bits per heavy atom. The molecule has 2 atom stereocenters. The summed E-state index contributed by atoms with van der Waals surface area (Å²) in [5, 5.41) is 18.2. The molecule has 3 nitrogen and oxygen atoms in total. The molecule has 0 radical (unpaired) electrons. The fourth-order valence-corrected chi connectivity index (χ4v) is 2.02. The Hall–Kier alpha value is -0.570. The van der Waals surface area contributed by atoms with Gasteiger partial charge in [0.15, 0.2) is 0 Å². The highest BCUT2D eigenvalue weighted by Crippen LogP contribution is 2.33. The van der Waals surface area contributed by atoms with Crippen molar-refractivity contribution in [3.05, 3.63) is 0 Å². The molecule has 0 aliphatic heterocycles. The Balaban J connectivity index is 2.41.